The standard InChI is InChI=1S/C14H22N2O3/c17-12-7-3-4-9(12)14(19)16-8-13(18)15-10-5-1-2-6-11(10)16/h9-12,17H,1-8H2,(H,15,18). The summed E-state index contributed by atoms with van der Waals surface area (Å²) in [5, 5.41) is 12.9. The van der Waals surface area contributed by atoms with Crippen LogP contribution in [0, 0.1) is 5.92 Å². The third-order valence-corrected chi connectivity index (χ3v) is 4.87. The van der Waals surface area contributed by atoms with Gasteiger partial charge in [-0.25, -0.2) is 0 Å². The number of hydrogen-bond donors (Lipinski definition) is 2. The number of aliphatic hydroxyl groups excluding tert-OH is 1. The summed E-state index contributed by atoms with van der Waals surface area (Å²) in [6.45, 7) is 0.170. The summed E-state index contributed by atoms with van der Waals surface area (Å²) in [4.78, 5) is 26.1. The maximum Gasteiger partial charge on any atom is 0.239 e. The molecule has 0 bridgehead atoms. The van der Waals surface area contributed by atoms with Crippen LogP contribution in [-0.2, 0) is 9.59 Å². The Morgan fingerprint density at radius 2 is 1.95 bits per heavy atom. The predicted octanol–water partition coefficient (Wildman–Crippen LogP) is 0.417. The summed E-state index contributed by atoms with van der Waals surface area (Å²) in [6.07, 6.45) is 6.04. The Morgan fingerprint density at radius 1 is 1.16 bits per heavy atom. The van der Waals surface area contributed by atoms with Crippen LogP contribution in [0.5, 0.6) is 0 Å². The maximum atomic E-state index is 12.6. The Hall–Kier alpha value is -1.10. The molecular weight excluding hydrogens is 244 g/mol. The predicted molar refractivity (Wildman–Crippen MR) is 69.2 cm³/mol. The molecule has 5 heteroatoms. The van der Waals surface area contributed by atoms with E-state index in [-0.39, 0.29) is 36.4 Å². The molecule has 3 rings (SSSR count). The first kappa shape index (κ1) is 12.9. The van der Waals surface area contributed by atoms with Crippen LogP contribution in [0.3, 0.4) is 0 Å². The molecule has 1 saturated heterocycles. The zero-order valence-electron chi connectivity index (χ0n) is 11.2. The lowest BCUT2D eigenvalue weighted by Crippen LogP contribution is -2.64. The van der Waals surface area contributed by atoms with Crippen LogP contribution in [0.2, 0.25) is 0 Å². The van der Waals surface area contributed by atoms with E-state index in [2.05, 4.69) is 5.32 Å². The number of aliphatic hydroxyl groups is 1. The molecular formula is C14H22N2O3. The van der Waals surface area contributed by atoms with Crippen LogP contribution >= 0.6 is 0 Å². The lowest BCUT2D eigenvalue weighted by molar-refractivity contribution is -0.149. The van der Waals surface area contributed by atoms with Crippen LogP contribution in [0.15, 0.2) is 0 Å². The van der Waals surface area contributed by atoms with Crippen molar-refractivity contribution < 1.29 is 14.7 Å². The van der Waals surface area contributed by atoms with Gasteiger partial charge in [0.25, 0.3) is 0 Å². The summed E-state index contributed by atoms with van der Waals surface area (Å²) in [5.41, 5.74) is 0. The molecule has 0 spiro atoms. The topological polar surface area (TPSA) is 69.6 Å². The number of rotatable bonds is 1. The fourth-order valence-corrected chi connectivity index (χ4v) is 3.86. The highest BCUT2D eigenvalue weighted by molar-refractivity contribution is 5.88. The molecule has 106 valence electrons. The van der Waals surface area contributed by atoms with Gasteiger partial charge in [0.05, 0.1) is 24.6 Å². The van der Waals surface area contributed by atoms with Crippen molar-refractivity contribution in [2.24, 2.45) is 5.92 Å². The number of carbonyl (C=O) groups excluding carboxylic acids is 2. The molecule has 0 aromatic rings. The quantitative estimate of drug-likeness (QED) is 0.722. The fourth-order valence-electron chi connectivity index (χ4n) is 3.86. The first-order valence-electron chi connectivity index (χ1n) is 7.45. The number of amides is 2. The summed E-state index contributed by atoms with van der Waals surface area (Å²) in [6, 6.07) is 0.268. The molecule has 1 aliphatic heterocycles. The minimum Gasteiger partial charge on any atom is -0.392 e. The number of hydrogen-bond acceptors (Lipinski definition) is 3. The van der Waals surface area contributed by atoms with Gasteiger partial charge in [-0.1, -0.05) is 12.8 Å². The van der Waals surface area contributed by atoms with Crippen molar-refractivity contribution in [3.63, 3.8) is 0 Å². The smallest absolute Gasteiger partial charge is 0.239 e. The van der Waals surface area contributed by atoms with Crippen molar-refractivity contribution in [1.29, 1.82) is 0 Å². The number of carbonyl (C=O) groups is 2. The molecule has 2 amide bonds. The molecule has 2 aliphatic carbocycles. The van der Waals surface area contributed by atoms with Gasteiger partial charge in [-0.05, 0) is 32.1 Å². The number of nitrogens with zero attached hydrogens (tertiary/aromatic N) is 1. The van der Waals surface area contributed by atoms with E-state index in [9.17, 15) is 14.7 Å². The van der Waals surface area contributed by atoms with E-state index in [1.807, 2.05) is 0 Å². The monoisotopic (exact) mass is 266 g/mol. The Labute approximate surface area is 113 Å². The summed E-state index contributed by atoms with van der Waals surface area (Å²) >= 11 is 0. The van der Waals surface area contributed by atoms with Gasteiger partial charge in [0.15, 0.2) is 0 Å². The van der Waals surface area contributed by atoms with E-state index in [1.54, 1.807) is 4.90 Å². The lowest BCUT2D eigenvalue weighted by atomic mass is 9.86. The van der Waals surface area contributed by atoms with Gasteiger partial charge in [0.2, 0.25) is 11.8 Å². The second kappa shape index (κ2) is 5.12. The van der Waals surface area contributed by atoms with E-state index >= 15 is 0 Å². The van der Waals surface area contributed by atoms with Crippen molar-refractivity contribution in [2.45, 2.75) is 63.1 Å². The Morgan fingerprint density at radius 3 is 2.68 bits per heavy atom. The number of piperazine rings is 1. The van der Waals surface area contributed by atoms with Crippen molar-refractivity contribution in [2.75, 3.05) is 6.54 Å². The van der Waals surface area contributed by atoms with Crippen molar-refractivity contribution in [1.82, 2.24) is 10.2 Å². The number of nitrogens with one attached hydrogen (secondary N) is 1. The number of fused-ring (bicyclic) bond motifs is 1. The van der Waals surface area contributed by atoms with Crippen LogP contribution < -0.4 is 5.32 Å². The highest BCUT2D eigenvalue weighted by atomic mass is 16.3. The molecule has 3 fully saturated rings. The molecule has 2 saturated carbocycles. The first-order chi connectivity index (χ1) is 9.16. The van der Waals surface area contributed by atoms with Gasteiger partial charge in [-0.15, -0.1) is 0 Å². The van der Waals surface area contributed by atoms with Gasteiger partial charge >= 0.3 is 0 Å². The van der Waals surface area contributed by atoms with Crippen molar-refractivity contribution in [3.8, 4) is 0 Å². The van der Waals surface area contributed by atoms with Gasteiger partial charge < -0.3 is 15.3 Å². The second-order valence-corrected chi connectivity index (χ2v) is 6.10. The minimum atomic E-state index is -0.514. The fraction of sp³-hybridized carbons (Fsp3) is 0.857. The highest BCUT2D eigenvalue weighted by Gasteiger charge is 2.43. The Bertz CT molecular complexity index is 385. The van der Waals surface area contributed by atoms with E-state index in [0.29, 0.717) is 6.42 Å². The van der Waals surface area contributed by atoms with Gasteiger partial charge in [-0.3, -0.25) is 9.59 Å². The van der Waals surface area contributed by atoms with E-state index in [1.165, 1.54) is 0 Å². The van der Waals surface area contributed by atoms with E-state index in [0.717, 1.165) is 38.5 Å². The van der Waals surface area contributed by atoms with Crippen LogP contribution in [0.25, 0.3) is 0 Å². The average molecular weight is 266 g/mol. The molecule has 1 heterocycles. The molecule has 2 N–H and O–H groups in total. The van der Waals surface area contributed by atoms with Gasteiger partial charge in [0.1, 0.15) is 0 Å². The molecule has 0 aromatic carbocycles. The third kappa shape index (κ3) is 2.36. The van der Waals surface area contributed by atoms with E-state index < -0.39 is 6.10 Å². The first-order valence-corrected chi connectivity index (χ1v) is 7.45. The minimum absolute atomic E-state index is 0.00301. The zero-order valence-corrected chi connectivity index (χ0v) is 11.2. The molecule has 4 atom stereocenters. The molecule has 3 aliphatic rings. The molecule has 5 nitrogen and oxygen atoms in total. The summed E-state index contributed by atoms with van der Waals surface area (Å²) in [5.74, 6) is -0.339. The molecule has 0 radical (unpaired) electrons. The Kier molecular flexibility index (Phi) is 3.48. The largest absolute Gasteiger partial charge is 0.392 e. The highest BCUT2D eigenvalue weighted by Crippen LogP contribution is 2.32. The average Bonchev–Trinajstić information content (AvgIpc) is 2.83. The molecule has 0 aromatic heterocycles. The third-order valence-electron chi connectivity index (χ3n) is 4.87. The van der Waals surface area contributed by atoms with Gasteiger partial charge in [0, 0.05) is 6.04 Å². The molecule has 19 heavy (non-hydrogen) atoms. The SMILES string of the molecule is O=C1CN(C(=O)C2CCCC2O)C2CCCCC2N1. The Balaban J connectivity index is 1.77. The van der Waals surface area contributed by atoms with Crippen LogP contribution in [0.4, 0.5) is 0 Å². The summed E-state index contributed by atoms with van der Waals surface area (Å²) < 4.78 is 0. The normalized spacial score (nSPS) is 38.8. The van der Waals surface area contributed by atoms with E-state index in [4.69, 9.17) is 0 Å². The zero-order chi connectivity index (χ0) is 13.4. The van der Waals surface area contributed by atoms with Crippen molar-refractivity contribution in [3.05, 3.63) is 0 Å². The lowest BCUT2D eigenvalue weighted by Gasteiger charge is -2.45. The van der Waals surface area contributed by atoms with Crippen molar-refractivity contribution >= 4 is 11.8 Å². The van der Waals surface area contributed by atoms with Crippen LogP contribution in [0.1, 0.15) is 44.9 Å². The maximum absolute atomic E-state index is 12.6. The van der Waals surface area contributed by atoms with Gasteiger partial charge in [-0.2, -0.15) is 0 Å². The van der Waals surface area contributed by atoms with Crippen LogP contribution in [-0.4, -0.2) is 46.6 Å². The second-order valence-electron chi connectivity index (χ2n) is 6.10. The molecule has 4 unspecified atom stereocenters. The summed E-state index contributed by atoms with van der Waals surface area (Å²) in [7, 11) is 0.